The highest BCUT2D eigenvalue weighted by Gasteiger charge is 2.17. The van der Waals surface area contributed by atoms with Crippen molar-refractivity contribution in [2.75, 3.05) is 18.5 Å². The predicted octanol–water partition coefficient (Wildman–Crippen LogP) is 3.31. The third-order valence-corrected chi connectivity index (χ3v) is 4.14. The Labute approximate surface area is 155 Å². The van der Waals surface area contributed by atoms with Crippen molar-refractivity contribution in [1.82, 2.24) is 0 Å². The van der Waals surface area contributed by atoms with Crippen molar-refractivity contribution in [2.45, 2.75) is 19.3 Å². The van der Waals surface area contributed by atoms with Gasteiger partial charge in [0.25, 0.3) is 0 Å². The van der Waals surface area contributed by atoms with Crippen LogP contribution in [0.2, 0.25) is 5.02 Å². The molecule has 0 aliphatic carbocycles. The Bertz CT molecular complexity index is 837. The maximum Gasteiger partial charge on any atom is 0.303 e. The molecule has 1 heterocycles. The minimum Gasteiger partial charge on any atom is -0.486 e. The largest absolute Gasteiger partial charge is 0.486 e. The highest BCUT2D eigenvalue weighted by atomic mass is 35.5. The van der Waals surface area contributed by atoms with Crippen molar-refractivity contribution in [3.8, 4) is 11.5 Å². The Morgan fingerprint density at radius 1 is 1.12 bits per heavy atom. The Kier molecular flexibility index (Phi) is 5.63. The summed E-state index contributed by atoms with van der Waals surface area (Å²) in [5.74, 6) is -0.00141. The smallest absolute Gasteiger partial charge is 0.303 e. The fourth-order valence-electron chi connectivity index (χ4n) is 2.71. The number of benzene rings is 2. The van der Waals surface area contributed by atoms with Gasteiger partial charge in [-0.25, -0.2) is 0 Å². The molecule has 2 aromatic rings. The first-order valence-corrected chi connectivity index (χ1v) is 8.57. The standard InChI is InChI=1S/C19H18ClNO5/c20-15-9-13(10-16-19(15)26-7-6-25-16)11-17(22)21-14-3-1-2-12(8-14)4-5-18(23)24/h1-3,8-10H,4-7,11H2,(H,21,22)(H,23,24). The zero-order valence-corrected chi connectivity index (χ0v) is 14.7. The Morgan fingerprint density at radius 3 is 2.73 bits per heavy atom. The number of carbonyl (C=O) groups excluding carboxylic acids is 1. The first-order valence-electron chi connectivity index (χ1n) is 8.20. The number of fused-ring (bicyclic) bond motifs is 1. The number of anilines is 1. The molecule has 26 heavy (non-hydrogen) atoms. The highest BCUT2D eigenvalue weighted by Crippen LogP contribution is 2.38. The molecule has 0 spiro atoms. The fraction of sp³-hybridized carbons (Fsp3) is 0.263. The SMILES string of the molecule is O=C(O)CCc1cccc(NC(=O)Cc2cc(Cl)c3c(c2)OCCO3)c1. The molecule has 2 aromatic carbocycles. The number of aryl methyl sites for hydroxylation is 1. The molecule has 0 bridgehead atoms. The summed E-state index contributed by atoms with van der Waals surface area (Å²) in [6.45, 7) is 0.896. The van der Waals surface area contributed by atoms with Gasteiger partial charge in [0, 0.05) is 12.1 Å². The lowest BCUT2D eigenvalue weighted by atomic mass is 10.1. The highest BCUT2D eigenvalue weighted by molar-refractivity contribution is 6.32. The van der Waals surface area contributed by atoms with Crippen LogP contribution in [0.1, 0.15) is 17.5 Å². The van der Waals surface area contributed by atoms with E-state index in [1.165, 1.54) is 0 Å². The van der Waals surface area contributed by atoms with Crippen LogP contribution in [0, 0.1) is 0 Å². The number of nitrogens with one attached hydrogen (secondary N) is 1. The molecule has 0 saturated heterocycles. The summed E-state index contributed by atoms with van der Waals surface area (Å²) in [6, 6.07) is 10.6. The number of aliphatic carboxylic acids is 1. The van der Waals surface area contributed by atoms with Gasteiger partial charge in [-0.2, -0.15) is 0 Å². The molecule has 7 heteroatoms. The first-order chi connectivity index (χ1) is 12.5. The normalized spacial score (nSPS) is 12.5. The molecule has 1 aliphatic rings. The summed E-state index contributed by atoms with van der Waals surface area (Å²) in [5.41, 5.74) is 2.20. The van der Waals surface area contributed by atoms with Crippen LogP contribution in [0.3, 0.4) is 0 Å². The lowest BCUT2D eigenvalue weighted by Crippen LogP contribution is -2.17. The minimum atomic E-state index is -0.852. The topological polar surface area (TPSA) is 84.9 Å². The van der Waals surface area contributed by atoms with E-state index in [2.05, 4.69) is 5.32 Å². The number of carbonyl (C=O) groups is 2. The van der Waals surface area contributed by atoms with Crippen LogP contribution in [0.4, 0.5) is 5.69 Å². The summed E-state index contributed by atoms with van der Waals surface area (Å²) in [5, 5.41) is 12.0. The molecule has 0 aromatic heterocycles. The van der Waals surface area contributed by atoms with Crippen molar-refractivity contribution in [3.05, 3.63) is 52.5 Å². The second-order valence-corrected chi connectivity index (χ2v) is 6.33. The van der Waals surface area contributed by atoms with Crippen LogP contribution in [0.5, 0.6) is 11.5 Å². The van der Waals surface area contributed by atoms with Gasteiger partial charge in [-0.1, -0.05) is 23.7 Å². The van der Waals surface area contributed by atoms with Crippen LogP contribution in [-0.4, -0.2) is 30.2 Å². The summed E-state index contributed by atoms with van der Waals surface area (Å²) >= 11 is 6.19. The molecular formula is C19H18ClNO5. The average Bonchev–Trinajstić information content (AvgIpc) is 2.60. The van der Waals surface area contributed by atoms with Gasteiger partial charge in [-0.3, -0.25) is 9.59 Å². The molecule has 0 radical (unpaired) electrons. The number of carboxylic acid groups (broad SMARTS) is 1. The van der Waals surface area contributed by atoms with Crippen LogP contribution < -0.4 is 14.8 Å². The van der Waals surface area contributed by atoms with Crippen LogP contribution >= 0.6 is 11.6 Å². The summed E-state index contributed by atoms with van der Waals surface area (Å²) in [7, 11) is 0. The maximum atomic E-state index is 12.3. The summed E-state index contributed by atoms with van der Waals surface area (Å²) in [6.07, 6.45) is 0.597. The molecule has 1 aliphatic heterocycles. The average molecular weight is 376 g/mol. The van der Waals surface area contributed by atoms with Gasteiger partial charge in [0.05, 0.1) is 11.4 Å². The quantitative estimate of drug-likeness (QED) is 0.809. The molecule has 0 unspecified atom stereocenters. The number of ether oxygens (including phenoxy) is 2. The van der Waals surface area contributed by atoms with E-state index in [4.69, 9.17) is 26.2 Å². The van der Waals surface area contributed by atoms with Crippen molar-refractivity contribution in [2.24, 2.45) is 0 Å². The summed E-state index contributed by atoms with van der Waals surface area (Å²) < 4.78 is 11.0. The van der Waals surface area contributed by atoms with E-state index < -0.39 is 5.97 Å². The minimum absolute atomic E-state index is 0.0487. The van der Waals surface area contributed by atoms with E-state index in [0.29, 0.717) is 41.8 Å². The number of carboxylic acids is 1. The van der Waals surface area contributed by atoms with Gasteiger partial charge in [-0.05, 0) is 41.8 Å². The van der Waals surface area contributed by atoms with Crippen molar-refractivity contribution >= 4 is 29.2 Å². The van der Waals surface area contributed by atoms with Crippen LogP contribution in [0.15, 0.2) is 36.4 Å². The summed E-state index contributed by atoms with van der Waals surface area (Å²) in [4.78, 5) is 23.0. The molecule has 1 amide bonds. The van der Waals surface area contributed by atoms with E-state index in [-0.39, 0.29) is 18.7 Å². The van der Waals surface area contributed by atoms with E-state index >= 15 is 0 Å². The lowest BCUT2D eigenvalue weighted by Gasteiger charge is -2.20. The van der Waals surface area contributed by atoms with E-state index in [9.17, 15) is 9.59 Å². The number of amides is 1. The third kappa shape index (κ3) is 4.67. The molecule has 136 valence electrons. The van der Waals surface area contributed by atoms with Crippen LogP contribution in [0.25, 0.3) is 0 Å². The molecule has 6 nitrogen and oxygen atoms in total. The second kappa shape index (κ2) is 8.10. The van der Waals surface area contributed by atoms with E-state index in [1.807, 2.05) is 6.07 Å². The fourth-order valence-corrected chi connectivity index (χ4v) is 3.00. The maximum absolute atomic E-state index is 12.3. The second-order valence-electron chi connectivity index (χ2n) is 5.92. The number of hydrogen-bond donors (Lipinski definition) is 2. The molecule has 0 atom stereocenters. The molecule has 0 fully saturated rings. The molecule has 3 rings (SSSR count). The zero-order valence-electron chi connectivity index (χ0n) is 14.0. The van der Waals surface area contributed by atoms with Gasteiger partial charge in [0.15, 0.2) is 11.5 Å². The van der Waals surface area contributed by atoms with Gasteiger partial charge >= 0.3 is 5.97 Å². The zero-order chi connectivity index (χ0) is 18.5. The predicted molar refractivity (Wildman–Crippen MR) is 97.2 cm³/mol. The van der Waals surface area contributed by atoms with Gasteiger partial charge in [-0.15, -0.1) is 0 Å². The number of rotatable bonds is 6. The van der Waals surface area contributed by atoms with Crippen molar-refractivity contribution in [3.63, 3.8) is 0 Å². The number of hydrogen-bond acceptors (Lipinski definition) is 4. The Balaban J connectivity index is 1.65. The first kappa shape index (κ1) is 18.1. The molecular weight excluding hydrogens is 358 g/mol. The number of halogens is 1. The lowest BCUT2D eigenvalue weighted by molar-refractivity contribution is -0.137. The van der Waals surface area contributed by atoms with Gasteiger partial charge < -0.3 is 19.9 Å². The monoisotopic (exact) mass is 375 g/mol. The van der Waals surface area contributed by atoms with Gasteiger partial charge in [0.1, 0.15) is 13.2 Å². The van der Waals surface area contributed by atoms with Crippen molar-refractivity contribution in [1.29, 1.82) is 0 Å². The molecule has 0 saturated carbocycles. The Hall–Kier alpha value is -2.73. The van der Waals surface area contributed by atoms with Crippen molar-refractivity contribution < 1.29 is 24.2 Å². The third-order valence-electron chi connectivity index (χ3n) is 3.86. The Morgan fingerprint density at radius 2 is 1.92 bits per heavy atom. The van der Waals surface area contributed by atoms with Crippen LogP contribution in [-0.2, 0) is 22.4 Å². The molecule has 2 N–H and O–H groups in total. The van der Waals surface area contributed by atoms with E-state index in [1.54, 1.807) is 30.3 Å². The van der Waals surface area contributed by atoms with Gasteiger partial charge in [0.2, 0.25) is 5.91 Å². The van der Waals surface area contributed by atoms with E-state index in [0.717, 1.165) is 11.1 Å².